The maximum Gasteiger partial charge on any atom is 0.150 e. The quantitative estimate of drug-likeness (QED) is 0.351. The highest BCUT2D eigenvalue weighted by Crippen LogP contribution is 2.50. The average molecular weight is 501 g/mol. The summed E-state index contributed by atoms with van der Waals surface area (Å²) in [5.74, 6) is 1.18. The van der Waals surface area contributed by atoms with Crippen molar-refractivity contribution in [1.29, 1.82) is 0 Å². The number of hydrogen-bond acceptors (Lipinski definition) is 8. The molecule has 6 N–H and O–H groups in total. The zero-order valence-electron chi connectivity index (χ0n) is 20.7. The van der Waals surface area contributed by atoms with Gasteiger partial charge in [0.05, 0.1) is 14.2 Å². The van der Waals surface area contributed by atoms with E-state index in [0.29, 0.717) is 35.5 Å². The first-order valence-electron chi connectivity index (χ1n) is 12.3. The van der Waals surface area contributed by atoms with Gasteiger partial charge in [0.15, 0.2) is 5.60 Å². The van der Waals surface area contributed by atoms with Crippen LogP contribution in [-0.2, 0) is 6.42 Å². The van der Waals surface area contributed by atoms with Crippen molar-refractivity contribution in [3.8, 4) is 11.5 Å². The van der Waals surface area contributed by atoms with E-state index < -0.39 is 35.6 Å². The van der Waals surface area contributed by atoms with Crippen molar-refractivity contribution >= 4 is 5.57 Å². The molecule has 0 spiro atoms. The van der Waals surface area contributed by atoms with Crippen LogP contribution < -0.4 is 9.47 Å². The minimum absolute atomic E-state index is 0.262. The molecule has 8 nitrogen and oxygen atoms in total. The van der Waals surface area contributed by atoms with E-state index in [1.807, 2.05) is 0 Å². The third kappa shape index (κ3) is 4.42. The Balaban J connectivity index is 1.93. The smallest absolute Gasteiger partial charge is 0.150 e. The summed E-state index contributed by atoms with van der Waals surface area (Å²) in [6.07, 6.45) is -4.00. The van der Waals surface area contributed by atoms with Gasteiger partial charge in [0.25, 0.3) is 0 Å². The monoisotopic (exact) mass is 500 g/mol. The van der Waals surface area contributed by atoms with Crippen LogP contribution in [0.1, 0.15) is 43.2 Å². The Labute approximate surface area is 211 Å². The molecule has 0 radical (unpaired) electrons. The number of methoxy groups -OCH3 is 2. The zero-order chi connectivity index (χ0) is 26.1. The van der Waals surface area contributed by atoms with E-state index in [0.717, 1.165) is 24.8 Å². The predicted octanol–water partition coefficient (Wildman–Crippen LogP) is 1.58. The molecule has 2 aliphatic carbocycles. The van der Waals surface area contributed by atoms with Crippen LogP contribution in [0.15, 0.2) is 54.1 Å². The summed E-state index contributed by atoms with van der Waals surface area (Å²) in [7, 11) is 3.06. The summed E-state index contributed by atoms with van der Waals surface area (Å²) in [5, 5.41) is 68.4. The minimum atomic E-state index is -2.51. The SMILES string of the molecule is COc1ccc(C[C@@]2(O)[C@@H](O)[C@H](O)[C@H](O)[C@@H](O)[C@]2(O)C(=C2CCCCC2)c2ccc(OC)cc2)cc1. The van der Waals surface area contributed by atoms with Crippen molar-refractivity contribution in [3.63, 3.8) is 0 Å². The second-order valence-electron chi connectivity index (χ2n) is 9.85. The summed E-state index contributed by atoms with van der Waals surface area (Å²) in [4.78, 5) is 0. The van der Waals surface area contributed by atoms with Gasteiger partial charge in [-0.1, -0.05) is 36.3 Å². The Bertz CT molecular complexity index is 1060. The molecule has 8 heteroatoms. The summed E-state index contributed by atoms with van der Waals surface area (Å²) in [6.45, 7) is 0. The summed E-state index contributed by atoms with van der Waals surface area (Å²) in [6, 6.07) is 13.6. The standard InChI is InChI=1S/C28H36O8/c1-35-20-12-8-17(9-13-20)16-27(33)25(31)23(29)24(30)26(32)28(27,34)22(18-6-4-3-5-7-18)19-10-14-21(36-2)15-11-19/h8-15,23-26,29-34H,3-7,16H2,1-2H3/t23-,24+,25+,26-,27-,28-/m1/s1. The highest BCUT2D eigenvalue weighted by Gasteiger charge is 2.68. The van der Waals surface area contributed by atoms with Crippen LogP contribution in [0.2, 0.25) is 0 Å². The molecule has 2 aromatic rings. The van der Waals surface area contributed by atoms with E-state index in [-0.39, 0.29) is 12.0 Å². The second-order valence-corrected chi connectivity index (χ2v) is 9.85. The molecule has 4 rings (SSSR count). The van der Waals surface area contributed by atoms with Crippen LogP contribution in [0.25, 0.3) is 5.57 Å². The molecule has 2 aromatic carbocycles. The number of aliphatic hydroxyl groups excluding tert-OH is 4. The molecule has 0 amide bonds. The van der Waals surface area contributed by atoms with Crippen LogP contribution in [0.3, 0.4) is 0 Å². The van der Waals surface area contributed by atoms with E-state index in [4.69, 9.17) is 9.47 Å². The third-order valence-electron chi connectivity index (χ3n) is 7.78. The number of benzene rings is 2. The highest BCUT2D eigenvalue weighted by atomic mass is 16.5. The number of ether oxygens (including phenoxy) is 2. The second kappa shape index (κ2) is 10.5. The van der Waals surface area contributed by atoms with E-state index in [1.54, 1.807) is 48.5 Å². The summed E-state index contributed by atoms with van der Waals surface area (Å²) < 4.78 is 10.5. The van der Waals surface area contributed by atoms with Gasteiger partial charge in [0, 0.05) is 6.42 Å². The fraction of sp³-hybridized carbons (Fsp3) is 0.500. The Hall–Kier alpha value is -2.46. The molecule has 0 bridgehead atoms. The maximum absolute atomic E-state index is 12.4. The lowest BCUT2D eigenvalue weighted by molar-refractivity contribution is -0.292. The predicted molar refractivity (Wildman–Crippen MR) is 134 cm³/mol. The molecule has 0 saturated heterocycles. The molecule has 196 valence electrons. The average Bonchev–Trinajstić information content (AvgIpc) is 2.92. The van der Waals surface area contributed by atoms with E-state index in [2.05, 4.69) is 0 Å². The Morgan fingerprint density at radius 1 is 0.750 bits per heavy atom. The molecule has 0 aliphatic heterocycles. The van der Waals surface area contributed by atoms with Gasteiger partial charge in [0.1, 0.15) is 41.5 Å². The van der Waals surface area contributed by atoms with Crippen molar-refractivity contribution in [2.45, 2.75) is 74.1 Å². The fourth-order valence-corrected chi connectivity index (χ4v) is 5.72. The van der Waals surface area contributed by atoms with Crippen molar-refractivity contribution in [1.82, 2.24) is 0 Å². The van der Waals surface area contributed by atoms with Gasteiger partial charge in [-0.3, -0.25) is 0 Å². The number of allylic oxidation sites excluding steroid dienone is 1. The Kier molecular flexibility index (Phi) is 7.75. The molecule has 0 heterocycles. The van der Waals surface area contributed by atoms with Crippen molar-refractivity contribution in [2.24, 2.45) is 0 Å². The highest BCUT2D eigenvalue weighted by molar-refractivity contribution is 5.78. The first-order chi connectivity index (χ1) is 17.2. The van der Waals surface area contributed by atoms with Gasteiger partial charge >= 0.3 is 0 Å². The van der Waals surface area contributed by atoms with Crippen LogP contribution in [0.4, 0.5) is 0 Å². The first-order valence-corrected chi connectivity index (χ1v) is 12.3. The molecular weight excluding hydrogens is 464 g/mol. The molecule has 2 saturated carbocycles. The van der Waals surface area contributed by atoms with Crippen LogP contribution in [-0.4, -0.2) is 80.5 Å². The third-order valence-corrected chi connectivity index (χ3v) is 7.78. The molecule has 0 aromatic heterocycles. The maximum atomic E-state index is 12.4. The van der Waals surface area contributed by atoms with E-state index in [1.165, 1.54) is 14.2 Å². The summed E-state index contributed by atoms with van der Waals surface area (Å²) in [5.41, 5.74) is -2.80. The van der Waals surface area contributed by atoms with Gasteiger partial charge in [-0.05, 0) is 66.6 Å². The molecule has 6 atom stereocenters. The molecule has 36 heavy (non-hydrogen) atoms. The Morgan fingerprint density at radius 3 is 1.78 bits per heavy atom. The van der Waals surface area contributed by atoms with E-state index in [9.17, 15) is 30.6 Å². The largest absolute Gasteiger partial charge is 0.497 e. The lowest BCUT2D eigenvalue weighted by Crippen LogP contribution is -2.78. The lowest BCUT2D eigenvalue weighted by Gasteiger charge is -2.56. The Morgan fingerprint density at radius 2 is 1.25 bits per heavy atom. The lowest BCUT2D eigenvalue weighted by atomic mass is 9.58. The number of rotatable bonds is 6. The summed E-state index contributed by atoms with van der Waals surface area (Å²) >= 11 is 0. The molecule has 2 aliphatic rings. The first kappa shape index (κ1) is 26.6. The molecular formula is C28H36O8. The number of aliphatic hydroxyl groups is 6. The van der Waals surface area contributed by atoms with E-state index >= 15 is 0 Å². The van der Waals surface area contributed by atoms with Crippen molar-refractivity contribution in [2.75, 3.05) is 14.2 Å². The normalized spacial score (nSPS) is 32.7. The topological polar surface area (TPSA) is 140 Å². The zero-order valence-corrected chi connectivity index (χ0v) is 20.7. The fourth-order valence-electron chi connectivity index (χ4n) is 5.72. The van der Waals surface area contributed by atoms with Crippen LogP contribution in [0.5, 0.6) is 11.5 Å². The van der Waals surface area contributed by atoms with Crippen molar-refractivity contribution < 1.29 is 40.1 Å². The molecule has 2 fully saturated rings. The van der Waals surface area contributed by atoms with Gasteiger partial charge < -0.3 is 40.1 Å². The van der Waals surface area contributed by atoms with Gasteiger partial charge in [0.2, 0.25) is 0 Å². The van der Waals surface area contributed by atoms with Gasteiger partial charge in [-0.2, -0.15) is 0 Å². The minimum Gasteiger partial charge on any atom is -0.497 e. The van der Waals surface area contributed by atoms with Crippen molar-refractivity contribution in [3.05, 3.63) is 65.2 Å². The molecule has 0 unspecified atom stereocenters. The van der Waals surface area contributed by atoms with Crippen LogP contribution in [0, 0.1) is 0 Å². The number of hydrogen-bond donors (Lipinski definition) is 6. The van der Waals surface area contributed by atoms with Gasteiger partial charge in [-0.15, -0.1) is 0 Å². The van der Waals surface area contributed by atoms with Gasteiger partial charge in [-0.25, -0.2) is 0 Å². The van der Waals surface area contributed by atoms with Crippen LogP contribution >= 0.6 is 0 Å².